The van der Waals surface area contributed by atoms with Crippen molar-refractivity contribution >= 4 is 39.4 Å². The summed E-state index contributed by atoms with van der Waals surface area (Å²) in [5, 5.41) is 13.9. The van der Waals surface area contributed by atoms with E-state index >= 15 is 0 Å². The number of carbonyl (C=O) groups excluding carboxylic acids is 2. The number of hydrogen-bond acceptors (Lipinski definition) is 6. The third-order valence-corrected chi connectivity index (χ3v) is 6.49. The molecule has 0 fully saturated rings. The molecule has 1 heterocycles. The van der Waals surface area contributed by atoms with E-state index < -0.39 is 5.92 Å². The van der Waals surface area contributed by atoms with Crippen molar-refractivity contribution in [2.75, 3.05) is 12.4 Å². The normalized spacial score (nSPS) is 20.7. The molecule has 2 aliphatic rings. The zero-order valence-electron chi connectivity index (χ0n) is 16.7. The van der Waals surface area contributed by atoms with Crippen LogP contribution in [0.15, 0.2) is 50.6 Å². The number of Topliss-reactive ketones (excluding diaryl/α,β-unsaturated/α-hetero) is 1. The third-order valence-electron chi connectivity index (χ3n) is 4.97. The largest absolute Gasteiger partial charge is 0.465 e. The fourth-order valence-electron chi connectivity index (χ4n) is 3.81. The number of halogens is 1. The maximum atomic E-state index is 13.1. The number of dihydropyridines is 1. The van der Waals surface area contributed by atoms with Crippen molar-refractivity contribution in [2.24, 2.45) is 5.41 Å². The molecular weight excluding hydrogens is 452 g/mol. The molecule has 152 valence electrons. The quantitative estimate of drug-likeness (QED) is 0.616. The molecular formula is C22H23BrN2O3S. The van der Waals surface area contributed by atoms with Crippen molar-refractivity contribution in [3.05, 3.63) is 56.2 Å². The molecule has 0 bridgehead atoms. The van der Waals surface area contributed by atoms with Crippen LogP contribution in [0.25, 0.3) is 0 Å². The summed E-state index contributed by atoms with van der Waals surface area (Å²) in [6.45, 7) is 6.22. The van der Waals surface area contributed by atoms with Crippen molar-refractivity contribution in [1.82, 2.24) is 5.32 Å². The van der Waals surface area contributed by atoms with Crippen LogP contribution in [0, 0.1) is 16.7 Å². The topological polar surface area (TPSA) is 79.2 Å². The smallest absolute Gasteiger partial charge is 0.316 e. The van der Waals surface area contributed by atoms with Gasteiger partial charge in [-0.25, -0.2) is 0 Å². The van der Waals surface area contributed by atoms with E-state index in [0.717, 1.165) is 15.7 Å². The highest BCUT2D eigenvalue weighted by Gasteiger charge is 2.41. The summed E-state index contributed by atoms with van der Waals surface area (Å²) in [6, 6.07) is 9.98. The molecule has 5 nitrogen and oxygen atoms in total. The molecule has 0 spiro atoms. The van der Waals surface area contributed by atoms with Crippen molar-refractivity contribution in [3.8, 4) is 6.07 Å². The molecule has 1 unspecified atom stereocenters. The number of nitriles is 1. The molecule has 0 saturated heterocycles. The van der Waals surface area contributed by atoms with Gasteiger partial charge in [0.05, 0.1) is 34.9 Å². The van der Waals surface area contributed by atoms with Crippen LogP contribution in [-0.2, 0) is 14.3 Å². The first-order valence-corrected chi connectivity index (χ1v) is 11.2. The fraction of sp³-hybridized carbons (Fsp3) is 0.409. The lowest BCUT2D eigenvalue weighted by atomic mass is 9.69. The molecule has 1 aromatic carbocycles. The summed E-state index contributed by atoms with van der Waals surface area (Å²) in [7, 11) is 0. The SMILES string of the molecule is CCOC(=O)CSC1=C(C#N)C(c2ccc(Br)cc2)C2=C(CC(C)(C)CC2=O)N1. The number of carbonyl (C=O) groups is 2. The minimum atomic E-state index is -0.433. The lowest BCUT2D eigenvalue weighted by molar-refractivity contribution is -0.139. The lowest BCUT2D eigenvalue weighted by Crippen LogP contribution is -2.37. The van der Waals surface area contributed by atoms with Crippen molar-refractivity contribution in [3.63, 3.8) is 0 Å². The summed E-state index contributed by atoms with van der Waals surface area (Å²) in [5.74, 6) is -0.588. The van der Waals surface area contributed by atoms with Gasteiger partial charge in [0.25, 0.3) is 0 Å². The molecule has 1 aliphatic heterocycles. The van der Waals surface area contributed by atoms with Crippen LogP contribution in [0.5, 0.6) is 0 Å². The van der Waals surface area contributed by atoms with Gasteiger partial charge in [0.2, 0.25) is 0 Å². The van der Waals surface area contributed by atoms with Gasteiger partial charge in [-0.15, -0.1) is 0 Å². The van der Waals surface area contributed by atoms with Crippen LogP contribution < -0.4 is 5.32 Å². The first-order valence-electron chi connectivity index (χ1n) is 9.47. The molecule has 1 atom stereocenters. The standard InChI is InChI=1S/C22H23BrN2O3S/c1-4-28-18(27)12-29-21-15(11-24)19(13-5-7-14(23)8-6-13)20-16(25-21)9-22(2,3)10-17(20)26/h5-8,19,25H,4,9-10,12H2,1-3H3. The van der Waals surface area contributed by atoms with Crippen molar-refractivity contribution < 1.29 is 14.3 Å². The van der Waals surface area contributed by atoms with E-state index in [-0.39, 0.29) is 22.9 Å². The number of nitrogens with zero attached hydrogens (tertiary/aromatic N) is 1. The van der Waals surface area contributed by atoms with Crippen LogP contribution in [0.2, 0.25) is 0 Å². The monoisotopic (exact) mass is 474 g/mol. The van der Waals surface area contributed by atoms with Gasteiger partial charge < -0.3 is 10.1 Å². The maximum Gasteiger partial charge on any atom is 0.316 e. The Kier molecular flexibility index (Phi) is 6.55. The highest BCUT2D eigenvalue weighted by molar-refractivity contribution is 9.10. The molecule has 1 aromatic rings. The number of esters is 1. The van der Waals surface area contributed by atoms with Gasteiger partial charge in [0.15, 0.2) is 5.78 Å². The molecule has 1 aliphatic carbocycles. The van der Waals surface area contributed by atoms with E-state index in [1.54, 1.807) is 6.92 Å². The number of thioether (sulfide) groups is 1. The van der Waals surface area contributed by atoms with E-state index in [2.05, 4.69) is 41.2 Å². The van der Waals surface area contributed by atoms with E-state index in [1.807, 2.05) is 24.3 Å². The first kappa shape index (κ1) is 21.7. The van der Waals surface area contributed by atoms with Gasteiger partial charge in [-0.05, 0) is 36.5 Å². The average molecular weight is 475 g/mol. The summed E-state index contributed by atoms with van der Waals surface area (Å²) in [4.78, 5) is 25.0. The molecule has 1 N–H and O–H groups in total. The van der Waals surface area contributed by atoms with Crippen LogP contribution in [0.1, 0.15) is 45.1 Å². The van der Waals surface area contributed by atoms with E-state index in [9.17, 15) is 14.9 Å². The highest BCUT2D eigenvalue weighted by Crippen LogP contribution is 2.47. The van der Waals surface area contributed by atoms with Crippen molar-refractivity contribution in [2.45, 2.75) is 39.5 Å². The van der Waals surface area contributed by atoms with Crippen LogP contribution >= 0.6 is 27.7 Å². The van der Waals surface area contributed by atoms with Crippen LogP contribution in [0.4, 0.5) is 0 Å². The van der Waals surface area contributed by atoms with Gasteiger partial charge in [-0.2, -0.15) is 5.26 Å². The Labute approximate surface area is 183 Å². The Morgan fingerprint density at radius 3 is 2.66 bits per heavy atom. The number of benzene rings is 1. The van der Waals surface area contributed by atoms with Crippen LogP contribution in [-0.4, -0.2) is 24.1 Å². The fourth-order valence-corrected chi connectivity index (χ4v) is 4.94. The zero-order valence-corrected chi connectivity index (χ0v) is 19.1. The third kappa shape index (κ3) is 4.76. The number of rotatable bonds is 5. The average Bonchev–Trinajstić information content (AvgIpc) is 2.65. The Bertz CT molecular complexity index is 942. The number of hydrogen-bond donors (Lipinski definition) is 1. The Morgan fingerprint density at radius 1 is 1.34 bits per heavy atom. The molecule has 0 amide bonds. The first-order chi connectivity index (χ1) is 13.8. The van der Waals surface area contributed by atoms with Gasteiger partial charge >= 0.3 is 5.97 Å². The Hall–Kier alpha value is -2.04. The van der Waals surface area contributed by atoms with Crippen molar-refractivity contribution in [1.29, 1.82) is 5.26 Å². The molecule has 7 heteroatoms. The molecule has 0 radical (unpaired) electrons. The molecule has 3 rings (SSSR count). The number of allylic oxidation sites excluding steroid dienone is 3. The second-order valence-corrected chi connectivity index (χ2v) is 9.79. The van der Waals surface area contributed by atoms with Gasteiger partial charge in [0, 0.05) is 22.2 Å². The summed E-state index contributed by atoms with van der Waals surface area (Å²) in [6.07, 6.45) is 1.16. The van der Waals surface area contributed by atoms with Crippen LogP contribution in [0.3, 0.4) is 0 Å². The summed E-state index contributed by atoms with van der Waals surface area (Å²) >= 11 is 4.69. The summed E-state index contributed by atoms with van der Waals surface area (Å²) in [5.41, 5.74) is 2.72. The highest BCUT2D eigenvalue weighted by atomic mass is 79.9. The van der Waals surface area contributed by atoms with E-state index in [1.165, 1.54) is 11.8 Å². The van der Waals surface area contributed by atoms with Gasteiger partial charge in [0.1, 0.15) is 0 Å². The predicted molar refractivity (Wildman–Crippen MR) is 117 cm³/mol. The molecule has 0 aromatic heterocycles. The lowest BCUT2D eigenvalue weighted by Gasteiger charge is -2.39. The Morgan fingerprint density at radius 2 is 2.03 bits per heavy atom. The Balaban J connectivity index is 2.06. The molecule has 0 saturated carbocycles. The zero-order chi connectivity index (χ0) is 21.2. The second kappa shape index (κ2) is 8.76. The number of ketones is 1. The summed E-state index contributed by atoms with van der Waals surface area (Å²) < 4.78 is 5.95. The predicted octanol–water partition coefficient (Wildman–Crippen LogP) is 4.81. The van der Waals surface area contributed by atoms with E-state index in [4.69, 9.17) is 4.74 Å². The minimum Gasteiger partial charge on any atom is -0.465 e. The number of ether oxygens (including phenoxy) is 1. The molecule has 29 heavy (non-hydrogen) atoms. The minimum absolute atomic E-state index is 0.0684. The second-order valence-electron chi connectivity index (χ2n) is 7.89. The van der Waals surface area contributed by atoms with Gasteiger partial charge in [-0.3, -0.25) is 9.59 Å². The van der Waals surface area contributed by atoms with Gasteiger partial charge in [-0.1, -0.05) is 53.7 Å². The number of nitrogens with one attached hydrogen (secondary N) is 1. The van der Waals surface area contributed by atoms with E-state index in [0.29, 0.717) is 35.6 Å². The maximum absolute atomic E-state index is 13.1.